The molecule has 0 unspecified atom stereocenters. The van der Waals surface area contributed by atoms with Crippen molar-refractivity contribution in [2.24, 2.45) is 23.7 Å². The number of hydrogen-bond acceptors (Lipinski definition) is 5. The molecule has 2 aromatic carbocycles. The fourth-order valence-corrected chi connectivity index (χ4v) is 5.99. The maximum Gasteiger partial charge on any atom is 0.274 e. The molecule has 2 bridgehead atoms. The van der Waals surface area contributed by atoms with Gasteiger partial charge in [-0.05, 0) is 49.7 Å². The number of carbonyl (C=O) groups is 3. The van der Waals surface area contributed by atoms with Gasteiger partial charge in [0.25, 0.3) is 5.69 Å². The van der Waals surface area contributed by atoms with Crippen LogP contribution in [0.15, 0.2) is 48.5 Å². The van der Waals surface area contributed by atoms with E-state index in [9.17, 15) is 24.5 Å². The molecule has 3 aliphatic rings. The van der Waals surface area contributed by atoms with Crippen molar-refractivity contribution in [1.82, 2.24) is 4.90 Å². The lowest BCUT2D eigenvalue weighted by Crippen LogP contribution is -2.49. The Labute approximate surface area is 191 Å². The van der Waals surface area contributed by atoms with Crippen molar-refractivity contribution >= 4 is 29.1 Å². The highest BCUT2D eigenvalue weighted by Crippen LogP contribution is 2.56. The maximum atomic E-state index is 13.4. The van der Waals surface area contributed by atoms with Crippen LogP contribution in [0.3, 0.4) is 0 Å². The zero-order chi connectivity index (χ0) is 23.3. The van der Waals surface area contributed by atoms with Crippen LogP contribution in [0, 0.1) is 40.7 Å². The number of likely N-dealkylation sites (tertiary alicyclic amines) is 1. The smallest absolute Gasteiger partial charge is 0.274 e. The van der Waals surface area contributed by atoms with Gasteiger partial charge in [0.1, 0.15) is 6.04 Å². The summed E-state index contributed by atoms with van der Waals surface area (Å²) in [5.74, 6) is -1.20. The van der Waals surface area contributed by atoms with Crippen LogP contribution in [-0.4, -0.2) is 33.6 Å². The average molecular weight is 447 g/mol. The Morgan fingerprint density at radius 2 is 1.73 bits per heavy atom. The van der Waals surface area contributed by atoms with Gasteiger partial charge < -0.3 is 5.32 Å². The van der Waals surface area contributed by atoms with E-state index in [4.69, 9.17) is 0 Å². The number of hydrogen-bond donors (Lipinski definition) is 1. The van der Waals surface area contributed by atoms with Crippen molar-refractivity contribution in [1.29, 1.82) is 0 Å². The van der Waals surface area contributed by atoms with Crippen molar-refractivity contribution in [3.8, 4) is 0 Å². The molecule has 170 valence electrons. The van der Waals surface area contributed by atoms with Crippen molar-refractivity contribution in [3.05, 3.63) is 69.8 Å². The molecule has 2 aromatic rings. The first-order chi connectivity index (χ1) is 15.8. The Morgan fingerprint density at radius 1 is 1.09 bits per heavy atom. The van der Waals surface area contributed by atoms with Crippen LogP contribution in [0.2, 0.25) is 0 Å². The first-order valence-electron chi connectivity index (χ1n) is 11.3. The summed E-state index contributed by atoms with van der Waals surface area (Å²) in [5.41, 5.74) is 1.46. The molecule has 8 nitrogen and oxygen atoms in total. The van der Waals surface area contributed by atoms with E-state index >= 15 is 0 Å². The van der Waals surface area contributed by atoms with Crippen LogP contribution in [0.1, 0.15) is 30.4 Å². The number of nitrogens with zero attached hydrogens (tertiary/aromatic N) is 2. The van der Waals surface area contributed by atoms with Gasteiger partial charge in [-0.3, -0.25) is 29.4 Å². The molecule has 8 heteroatoms. The molecular formula is C25H25N3O5. The number of amides is 3. The summed E-state index contributed by atoms with van der Waals surface area (Å²) in [7, 11) is 0. The zero-order valence-corrected chi connectivity index (χ0v) is 18.3. The third-order valence-electron chi connectivity index (χ3n) is 7.52. The summed E-state index contributed by atoms with van der Waals surface area (Å²) >= 11 is 0. The molecule has 1 N–H and O–H groups in total. The lowest BCUT2D eigenvalue weighted by Gasteiger charge is -2.27. The van der Waals surface area contributed by atoms with E-state index in [2.05, 4.69) is 5.32 Å². The summed E-state index contributed by atoms with van der Waals surface area (Å²) < 4.78 is 0. The van der Waals surface area contributed by atoms with E-state index in [-0.39, 0.29) is 53.3 Å². The number of nitro benzene ring substituents is 1. The molecule has 3 fully saturated rings. The monoisotopic (exact) mass is 447 g/mol. The summed E-state index contributed by atoms with van der Waals surface area (Å²) in [4.78, 5) is 52.2. The number of anilines is 1. The maximum absolute atomic E-state index is 13.4. The Morgan fingerprint density at radius 3 is 2.33 bits per heavy atom. The van der Waals surface area contributed by atoms with Crippen LogP contribution in [-0.2, 0) is 20.8 Å². The van der Waals surface area contributed by atoms with Gasteiger partial charge in [-0.25, -0.2) is 0 Å². The number of nitrogens with one attached hydrogen (secondary N) is 1. The van der Waals surface area contributed by atoms with Gasteiger partial charge in [0.2, 0.25) is 17.7 Å². The van der Waals surface area contributed by atoms with E-state index in [0.29, 0.717) is 5.56 Å². The molecular weight excluding hydrogens is 422 g/mol. The molecule has 0 spiro atoms. The Kier molecular flexibility index (Phi) is 5.23. The molecule has 1 saturated heterocycles. The second-order valence-corrected chi connectivity index (χ2v) is 9.38. The van der Waals surface area contributed by atoms with Crippen LogP contribution in [0.4, 0.5) is 11.4 Å². The normalized spacial score (nSPS) is 26.4. The molecule has 5 rings (SSSR count). The number of imide groups is 1. The van der Waals surface area contributed by atoms with Gasteiger partial charge in [-0.2, -0.15) is 0 Å². The van der Waals surface area contributed by atoms with Gasteiger partial charge in [0, 0.05) is 23.7 Å². The van der Waals surface area contributed by atoms with Gasteiger partial charge in [-0.1, -0.05) is 36.4 Å². The molecule has 0 aromatic heterocycles. The SMILES string of the molecule is Cc1ccc(NC(=O)[C@H](Cc2ccccc2)N2C(=O)[C@@H]3[C@H]4CC[C@@H](C4)[C@@H]3C2=O)cc1[N+](=O)[O-]. The Bertz CT molecular complexity index is 1120. The second kappa shape index (κ2) is 8.10. The summed E-state index contributed by atoms with van der Waals surface area (Å²) in [6.07, 6.45) is 3.03. The fourth-order valence-electron chi connectivity index (χ4n) is 5.99. The highest BCUT2D eigenvalue weighted by atomic mass is 16.6. The minimum atomic E-state index is -1.02. The third-order valence-corrected chi connectivity index (χ3v) is 7.52. The predicted molar refractivity (Wildman–Crippen MR) is 120 cm³/mol. The Balaban J connectivity index is 1.46. The van der Waals surface area contributed by atoms with Gasteiger partial charge in [0.15, 0.2) is 0 Å². The highest BCUT2D eigenvalue weighted by molar-refractivity contribution is 6.10. The second-order valence-electron chi connectivity index (χ2n) is 9.38. The average Bonchev–Trinajstić information content (AvgIpc) is 3.48. The number of aryl methyl sites for hydroxylation is 1. The standard InChI is InChI=1S/C25H25N3O5/c1-14-7-10-18(13-19(14)28(32)33)26-23(29)20(11-15-5-3-2-4-6-15)27-24(30)21-16-8-9-17(12-16)22(21)25(27)31/h2-7,10,13,16-17,20-22H,8-9,11-12H2,1H3,(H,26,29)/t16-,17-,20-,21-,22+/m0/s1. The highest BCUT2D eigenvalue weighted by Gasteiger charge is 2.62. The number of fused-ring (bicyclic) bond motifs is 5. The number of nitro groups is 1. The zero-order valence-electron chi connectivity index (χ0n) is 18.3. The van der Waals surface area contributed by atoms with E-state index in [1.54, 1.807) is 19.1 Å². The first-order valence-corrected chi connectivity index (χ1v) is 11.3. The minimum Gasteiger partial charge on any atom is -0.324 e. The van der Waals surface area contributed by atoms with E-state index in [1.165, 1.54) is 11.0 Å². The predicted octanol–water partition coefficient (Wildman–Crippen LogP) is 3.48. The lowest BCUT2D eigenvalue weighted by molar-refractivity contribution is -0.385. The molecule has 1 aliphatic heterocycles. The minimum absolute atomic E-state index is 0.105. The molecule has 2 aliphatic carbocycles. The van der Waals surface area contributed by atoms with Crippen LogP contribution < -0.4 is 5.32 Å². The van der Waals surface area contributed by atoms with Gasteiger partial charge >= 0.3 is 0 Å². The number of benzene rings is 2. The molecule has 2 saturated carbocycles. The summed E-state index contributed by atoms with van der Waals surface area (Å²) in [6, 6.07) is 12.7. The van der Waals surface area contributed by atoms with Crippen LogP contribution >= 0.6 is 0 Å². The van der Waals surface area contributed by atoms with E-state index < -0.39 is 16.9 Å². The summed E-state index contributed by atoms with van der Waals surface area (Å²) in [5, 5.41) is 14.0. The topological polar surface area (TPSA) is 110 Å². The van der Waals surface area contributed by atoms with E-state index in [1.807, 2.05) is 30.3 Å². The molecule has 5 atom stereocenters. The summed E-state index contributed by atoms with van der Waals surface area (Å²) in [6.45, 7) is 1.62. The first kappa shape index (κ1) is 21.3. The quantitative estimate of drug-likeness (QED) is 0.414. The van der Waals surface area contributed by atoms with Gasteiger partial charge in [0.05, 0.1) is 16.8 Å². The fraction of sp³-hybridized carbons (Fsp3) is 0.400. The van der Waals surface area contributed by atoms with Crippen molar-refractivity contribution < 1.29 is 19.3 Å². The molecule has 33 heavy (non-hydrogen) atoms. The van der Waals surface area contributed by atoms with Crippen molar-refractivity contribution in [2.75, 3.05) is 5.32 Å². The molecule has 1 heterocycles. The largest absolute Gasteiger partial charge is 0.324 e. The number of rotatable bonds is 6. The number of carbonyl (C=O) groups excluding carboxylic acids is 3. The van der Waals surface area contributed by atoms with Crippen molar-refractivity contribution in [2.45, 2.75) is 38.6 Å². The molecule has 0 radical (unpaired) electrons. The lowest BCUT2D eigenvalue weighted by atomic mass is 9.81. The molecule has 3 amide bonds. The third kappa shape index (κ3) is 3.59. The van der Waals surface area contributed by atoms with Crippen LogP contribution in [0.5, 0.6) is 0 Å². The van der Waals surface area contributed by atoms with E-state index in [0.717, 1.165) is 24.8 Å². The van der Waals surface area contributed by atoms with Gasteiger partial charge in [-0.15, -0.1) is 0 Å². The van der Waals surface area contributed by atoms with Crippen molar-refractivity contribution in [3.63, 3.8) is 0 Å². The Hall–Kier alpha value is -3.55. The van der Waals surface area contributed by atoms with Crippen LogP contribution in [0.25, 0.3) is 0 Å².